The van der Waals surface area contributed by atoms with E-state index >= 15 is 0 Å². The predicted molar refractivity (Wildman–Crippen MR) is 124 cm³/mol. The van der Waals surface area contributed by atoms with Gasteiger partial charge in [-0.2, -0.15) is 5.26 Å². The van der Waals surface area contributed by atoms with Crippen LogP contribution in [0, 0.1) is 14.9 Å². The summed E-state index contributed by atoms with van der Waals surface area (Å²) >= 11 is 5.43. The molecule has 0 atom stereocenters. The number of methoxy groups -OCH3 is 1. The van der Waals surface area contributed by atoms with Crippen LogP contribution >= 0.6 is 38.5 Å². The number of rotatable bonds is 8. The second kappa shape index (κ2) is 11.6. The molecule has 0 saturated carbocycles. The number of ether oxygens (including phenoxy) is 3. The fourth-order valence-electron chi connectivity index (χ4n) is 2.33. The number of hydrogen-bond acceptors (Lipinski definition) is 6. The number of nitrogens with one attached hydrogen (secondary N) is 1. The fraction of sp³-hybridized carbons (Fsp3) is 0.190. The van der Waals surface area contributed by atoms with Gasteiger partial charge in [0.15, 0.2) is 6.61 Å². The van der Waals surface area contributed by atoms with Gasteiger partial charge in [-0.25, -0.2) is 4.79 Å². The highest BCUT2D eigenvalue weighted by Crippen LogP contribution is 2.33. The van der Waals surface area contributed by atoms with Crippen molar-refractivity contribution >= 4 is 62.2 Å². The third-order valence-corrected chi connectivity index (χ3v) is 5.05. The summed E-state index contributed by atoms with van der Waals surface area (Å²) in [4.78, 5) is 23.8. The number of amides is 1. The van der Waals surface area contributed by atoms with Crippen molar-refractivity contribution in [3.05, 3.63) is 55.6 Å². The first-order valence-electron chi connectivity index (χ1n) is 8.72. The van der Waals surface area contributed by atoms with E-state index in [9.17, 15) is 14.9 Å². The molecule has 0 bridgehead atoms. The van der Waals surface area contributed by atoms with Crippen LogP contribution in [0.1, 0.15) is 12.5 Å². The third-order valence-electron chi connectivity index (χ3n) is 3.66. The SMILES string of the molecule is CCOc1cccc(NC(=O)/C(C#N)=C\c2cc(Br)c(OCC(=O)OC)c(I)c2)c1. The van der Waals surface area contributed by atoms with Crippen LogP contribution in [-0.4, -0.2) is 32.2 Å². The summed E-state index contributed by atoms with van der Waals surface area (Å²) in [6.07, 6.45) is 1.47. The van der Waals surface area contributed by atoms with E-state index in [1.165, 1.54) is 13.2 Å². The molecule has 0 fully saturated rings. The Hall–Kier alpha value is -2.58. The Morgan fingerprint density at radius 3 is 2.67 bits per heavy atom. The summed E-state index contributed by atoms with van der Waals surface area (Å²) < 4.78 is 16.7. The van der Waals surface area contributed by atoms with Crippen LogP contribution in [0.25, 0.3) is 6.08 Å². The minimum absolute atomic E-state index is 0.0669. The standard InChI is InChI=1S/C21H18BrIN2O5/c1-3-29-16-6-4-5-15(10-16)25-21(27)14(11-24)7-13-8-17(22)20(18(23)9-13)30-12-19(26)28-2/h4-10H,3,12H2,1-2H3,(H,25,27)/b14-7-. The molecule has 156 valence electrons. The maximum absolute atomic E-state index is 12.5. The molecule has 0 aliphatic heterocycles. The van der Waals surface area contributed by atoms with E-state index in [0.29, 0.717) is 37.4 Å². The second-order valence-corrected chi connectivity index (χ2v) is 7.78. The maximum Gasteiger partial charge on any atom is 0.343 e. The molecule has 2 rings (SSSR count). The van der Waals surface area contributed by atoms with E-state index in [-0.39, 0.29) is 12.2 Å². The van der Waals surface area contributed by atoms with E-state index in [0.717, 1.165) is 0 Å². The Balaban J connectivity index is 2.20. The lowest BCUT2D eigenvalue weighted by atomic mass is 10.1. The summed E-state index contributed by atoms with van der Waals surface area (Å²) in [7, 11) is 1.28. The molecule has 1 amide bonds. The Morgan fingerprint density at radius 2 is 2.03 bits per heavy atom. The minimum Gasteiger partial charge on any atom is -0.494 e. The van der Waals surface area contributed by atoms with E-state index < -0.39 is 11.9 Å². The number of hydrogen-bond donors (Lipinski definition) is 1. The van der Waals surface area contributed by atoms with Crippen molar-refractivity contribution in [2.24, 2.45) is 0 Å². The van der Waals surface area contributed by atoms with Gasteiger partial charge in [0.25, 0.3) is 5.91 Å². The van der Waals surface area contributed by atoms with E-state index in [1.807, 2.05) is 35.6 Å². The number of anilines is 1. The molecule has 0 aliphatic rings. The van der Waals surface area contributed by atoms with Crippen molar-refractivity contribution in [2.75, 3.05) is 25.6 Å². The van der Waals surface area contributed by atoms with E-state index in [4.69, 9.17) is 9.47 Å². The molecule has 7 nitrogen and oxygen atoms in total. The lowest BCUT2D eigenvalue weighted by Crippen LogP contribution is -2.14. The molecule has 0 radical (unpaired) electrons. The molecule has 0 heterocycles. The number of carbonyl (C=O) groups is 2. The van der Waals surface area contributed by atoms with Gasteiger partial charge in [-0.15, -0.1) is 0 Å². The lowest BCUT2D eigenvalue weighted by molar-refractivity contribution is -0.142. The van der Waals surface area contributed by atoms with Crippen LogP contribution in [-0.2, 0) is 14.3 Å². The van der Waals surface area contributed by atoms with Crippen molar-refractivity contribution in [1.29, 1.82) is 5.26 Å². The number of carbonyl (C=O) groups excluding carboxylic acids is 2. The summed E-state index contributed by atoms with van der Waals surface area (Å²) in [6, 6.07) is 12.3. The first-order chi connectivity index (χ1) is 14.4. The number of halogens is 2. The highest BCUT2D eigenvalue weighted by atomic mass is 127. The van der Waals surface area contributed by atoms with Gasteiger partial charge in [-0.1, -0.05) is 6.07 Å². The fourth-order valence-corrected chi connectivity index (χ4v) is 4.10. The van der Waals surface area contributed by atoms with Crippen LogP contribution in [0.2, 0.25) is 0 Å². The van der Waals surface area contributed by atoms with Gasteiger partial charge < -0.3 is 19.5 Å². The zero-order chi connectivity index (χ0) is 22.1. The second-order valence-electron chi connectivity index (χ2n) is 5.76. The predicted octanol–water partition coefficient (Wildman–Crippen LogP) is 4.55. The number of esters is 1. The number of benzene rings is 2. The maximum atomic E-state index is 12.5. The van der Waals surface area contributed by atoms with Crippen LogP contribution in [0.3, 0.4) is 0 Å². The molecule has 1 N–H and O–H groups in total. The summed E-state index contributed by atoms with van der Waals surface area (Å²) in [6.45, 7) is 2.15. The average Bonchev–Trinajstić information content (AvgIpc) is 2.71. The van der Waals surface area contributed by atoms with Crippen molar-refractivity contribution in [3.8, 4) is 17.6 Å². The normalized spacial score (nSPS) is 10.7. The Labute approximate surface area is 196 Å². The first kappa shape index (κ1) is 23.7. The summed E-state index contributed by atoms with van der Waals surface area (Å²) in [5.41, 5.74) is 1.07. The molecule has 0 unspecified atom stereocenters. The molecular weight excluding hydrogens is 567 g/mol. The molecule has 0 aromatic heterocycles. The minimum atomic E-state index is -0.539. The first-order valence-corrected chi connectivity index (χ1v) is 10.6. The van der Waals surface area contributed by atoms with Gasteiger partial charge in [0.2, 0.25) is 0 Å². The Morgan fingerprint density at radius 1 is 1.27 bits per heavy atom. The molecule has 2 aromatic carbocycles. The highest BCUT2D eigenvalue weighted by molar-refractivity contribution is 14.1. The largest absolute Gasteiger partial charge is 0.494 e. The monoisotopic (exact) mass is 584 g/mol. The Bertz CT molecular complexity index is 994. The lowest BCUT2D eigenvalue weighted by Gasteiger charge is -2.11. The quantitative estimate of drug-likeness (QED) is 0.212. The Kier molecular flexibility index (Phi) is 9.14. The van der Waals surface area contributed by atoms with Gasteiger partial charge in [0.05, 0.1) is 21.8 Å². The number of nitrogens with zero attached hydrogens (tertiary/aromatic N) is 1. The van der Waals surface area contributed by atoms with Crippen molar-refractivity contribution in [1.82, 2.24) is 0 Å². The molecule has 0 aliphatic carbocycles. The van der Waals surface area contributed by atoms with Gasteiger partial charge in [0.1, 0.15) is 23.1 Å². The molecule has 30 heavy (non-hydrogen) atoms. The molecule has 0 saturated heterocycles. The zero-order valence-electron chi connectivity index (χ0n) is 16.2. The molecule has 2 aromatic rings. The molecule has 9 heteroatoms. The van der Waals surface area contributed by atoms with Crippen molar-refractivity contribution < 1.29 is 23.8 Å². The van der Waals surface area contributed by atoms with Gasteiger partial charge in [0, 0.05) is 11.8 Å². The van der Waals surface area contributed by atoms with Crippen molar-refractivity contribution in [3.63, 3.8) is 0 Å². The summed E-state index contributed by atoms with van der Waals surface area (Å²) in [5, 5.41) is 12.1. The van der Waals surface area contributed by atoms with Crippen molar-refractivity contribution in [2.45, 2.75) is 6.92 Å². The third kappa shape index (κ3) is 6.74. The smallest absolute Gasteiger partial charge is 0.343 e. The topological polar surface area (TPSA) is 97.6 Å². The van der Waals surface area contributed by atoms with Crippen LogP contribution in [0.4, 0.5) is 5.69 Å². The molecular formula is C21H18BrIN2O5. The van der Waals surface area contributed by atoms with Crippen LogP contribution in [0.15, 0.2) is 46.4 Å². The molecule has 0 spiro atoms. The highest BCUT2D eigenvalue weighted by Gasteiger charge is 2.14. The van der Waals surface area contributed by atoms with Gasteiger partial charge >= 0.3 is 5.97 Å². The average molecular weight is 585 g/mol. The number of nitriles is 1. The van der Waals surface area contributed by atoms with Gasteiger partial charge in [-0.05, 0) is 81.3 Å². The summed E-state index contributed by atoms with van der Waals surface area (Å²) in [5.74, 6) is 0.0504. The van der Waals surface area contributed by atoms with Crippen LogP contribution < -0.4 is 14.8 Å². The zero-order valence-corrected chi connectivity index (χ0v) is 19.9. The van der Waals surface area contributed by atoms with E-state index in [1.54, 1.807) is 36.4 Å². The van der Waals surface area contributed by atoms with E-state index in [2.05, 4.69) is 26.0 Å². The van der Waals surface area contributed by atoms with Crippen LogP contribution in [0.5, 0.6) is 11.5 Å². The van der Waals surface area contributed by atoms with Gasteiger partial charge in [-0.3, -0.25) is 4.79 Å².